The summed E-state index contributed by atoms with van der Waals surface area (Å²) in [7, 11) is -3.89. The Hall–Kier alpha value is -3.56. The fraction of sp³-hybridized carbons (Fsp3) is 0.235. The number of nitrogens with two attached hydrogens (primary N) is 1. The van der Waals surface area contributed by atoms with Crippen LogP contribution in [0.4, 0.5) is 5.13 Å². The summed E-state index contributed by atoms with van der Waals surface area (Å²) in [6.07, 6.45) is -2.04. The molecule has 1 fully saturated rings. The maximum absolute atomic E-state index is 12.6. The molecule has 1 saturated heterocycles. The van der Waals surface area contributed by atoms with Crippen molar-refractivity contribution in [1.29, 1.82) is 0 Å². The summed E-state index contributed by atoms with van der Waals surface area (Å²) >= 11 is 1.02. The molecule has 0 radical (unpaired) electrons. The number of aromatic nitrogens is 1. The van der Waals surface area contributed by atoms with E-state index in [4.69, 9.17) is 10.5 Å². The van der Waals surface area contributed by atoms with Gasteiger partial charge in [-0.05, 0) is 5.56 Å². The number of nitrogen functional groups attached to an aromatic ring is 1. The number of nitrogens with one attached hydrogen (secondary N) is 1. The molecule has 2 aromatic rings. The van der Waals surface area contributed by atoms with Crippen molar-refractivity contribution in [3.8, 4) is 0 Å². The van der Waals surface area contributed by atoms with Crippen LogP contribution in [-0.4, -0.2) is 65.1 Å². The zero-order chi connectivity index (χ0) is 23.5. The second-order valence-electron chi connectivity index (χ2n) is 6.30. The number of rotatable bonds is 8. The molecule has 170 valence electrons. The van der Waals surface area contributed by atoms with Gasteiger partial charge in [0.2, 0.25) is 6.23 Å². The number of ether oxygens (including phenoxy) is 1. The first-order valence-electron chi connectivity index (χ1n) is 8.79. The summed E-state index contributed by atoms with van der Waals surface area (Å²) < 4.78 is 37.5. The Labute approximate surface area is 185 Å². The van der Waals surface area contributed by atoms with E-state index < -0.39 is 40.4 Å². The van der Waals surface area contributed by atoms with Gasteiger partial charge in [-0.25, -0.2) is 4.98 Å². The monoisotopic (exact) mass is 483 g/mol. The molecule has 2 atom stereocenters. The number of β-lactam (4-membered cyclic amide) rings is 1. The van der Waals surface area contributed by atoms with Crippen molar-refractivity contribution in [3.05, 3.63) is 47.0 Å². The van der Waals surface area contributed by atoms with E-state index >= 15 is 0 Å². The molecule has 0 unspecified atom stereocenters. The third kappa shape index (κ3) is 5.01. The predicted molar refractivity (Wildman–Crippen MR) is 110 cm³/mol. The van der Waals surface area contributed by atoms with E-state index in [9.17, 15) is 27.4 Å². The van der Waals surface area contributed by atoms with Gasteiger partial charge in [-0.15, -0.1) is 11.3 Å². The van der Waals surface area contributed by atoms with Crippen LogP contribution in [-0.2, 0) is 40.7 Å². The molecule has 15 heteroatoms. The quantitative estimate of drug-likeness (QED) is 0.142. The van der Waals surface area contributed by atoms with Crippen molar-refractivity contribution < 1.29 is 36.9 Å². The van der Waals surface area contributed by atoms with Crippen molar-refractivity contribution in [3.63, 3.8) is 0 Å². The maximum Gasteiger partial charge on any atom is 0.365 e. The number of amides is 2. The highest BCUT2D eigenvalue weighted by Crippen LogP contribution is 2.25. The van der Waals surface area contributed by atoms with E-state index in [1.807, 2.05) is 0 Å². The average molecular weight is 483 g/mol. The minimum Gasteiger partial charge on any atom is -0.437 e. The summed E-state index contributed by atoms with van der Waals surface area (Å²) in [6, 6.07) is 6.78. The summed E-state index contributed by atoms with van der Waals surface area (Å²) in [5.74, 6) is -3.08. The number of nitrogens with zero attached hydrogens (tertiary/aromatic N) is 3. The van der Waals surface area contributed by atoms with E-state index in [1.165, 1.54) is 12.5 Å². The Kier molecular flexibility index (Phi) is 6.71. The van der Waals surface area contributed by atoms with Crippen molar-refractivity contribution in [2.24, 2.45) is 5.16 Å². The van der Waals surface area contributed by atoms with Gasteiger partial charge in [-0.1, -0.05) is 35.5 Å². The molecule has 2 amide bonds. The highest BCUT2D eigenvalue weighted by atomic mass is 32.2. The highest BCUT2D eigenvalue weighted by molar-refractivity contribution is 7.84. The van der Waals surface area contributed by atoms with Crippen molar-refractivity contribution in [2.45, 2.75) is 18.7 Å². The van der Waals surface area contributed by atoms with Gasteiger partial charge in [0.05, 0.1) is 6.42 Å². The first-order valence-corrected chi connectivity index (χ1v) is 11.1. The summed E-state index contributed by atoms with van der Waals surface area (Å²) in [5.41, 5.74) is 5.80. The topological polar surface area (TPSA) is 191 Å². The lowest BCUT2D eigenvalue weighted by molar-refractivity contribution is -0.179. The summed E-state index contributed by atoms with van der Waals surface area (Å²) in [5, 5.41) is 7.31. The normalized spacial score (nSPS) is 18.6. The van der Waals surface area contributed by atoms with Crippen LogP contribution in [0.25, 0.3) is 0 Å². The van der Waals surface area contributed by atoms with Crippen molar-refractivity contribution in [1.82, 2.24) is 14.6 Å². The molecule has 1 aromatic carbocycles. The maximum atomic E-state index is 12.6. The summed E-state index contributed by atoms with van der Waals surface area (Å²) in [4.78, 5) is 45.7. The van der Waals surface area contributed by atoms with Crippen LogP contribution >= 0.6 is 11.3 Å². The lowest BCUT2D eigenvalue weighted by Gasteiger charge is -2.42. The van der Waals surface area contributed by atoms with Crippen LogP contribution in [0, 0.1) is 0 Å². The molecule has 4 N–H and O–H groups in total. The number of carbonyl (C=O) groups excluding carboxylic acids is 3. The number of thiazole rings is 1. The molecular formula is C17H17N5O8S2. The molecule has 1 aliphatic heterocycles. The van der Waals surface area contributed by atoms with Gasteiger partial charge < -0.3 is 20.6 Å². The van der Waals surface area contributed by atoms with E-state index in [1.54, 1.807) is 30.3 Å². The van der Waals surface area contributed by atoms with Crippen molar-refractivity contribution in [2.75, 3.05) is 12.8 Å². The van der Waals surface area contributed by atoms with Gasteiger partial charge in [0.15, 0.2) is 16.9 Å². The van der Waals surface area contributed by atoms with E-state index in [0.29, 0.717) is 5.56 Å². The Morgan fingerprint density at radius 3 is 2.59 bits per heavy atom. The van der Waals surface area contributed by atoms with Gasteiger partial charge in [-0.2, -0.15) is 12.7 Å². The van der Waals surface area contributed by atoms with Crippen LogP contribution in [0.1, 0.15) is 11.3 Å². The van der Waals surface area contributed by atoms with Crippen LogP contribution in [0.3, 0.4) is 0 Å². The fourth-order valence-electron chi connectivity index (χ4n) is 2.77. The molecule has 0 saturated carbocycles. The largest absolute Gasteiger partial charge is 0.437 e. The Morgan fingerprint density at radius 1 is 1.34 bits per heavy atom. The number of hydrogen-bond acceptors (Lipinski definition) is 11. The van der Waals surface area contributed by atoms with Crippen LogP contribution in [0.2, 0.25) is 0 Å². The molecule has 1 aliphatic rings. The highest BCUT2D eigenvalue weighted by Gasteiger charge is 2.57. The van der Waals surface area contributed by atoms with Gasteiger partial charge in [0, 0.05) is 5.38 Å². The SMILES string of the molecule is CO/N=C(\C(=O)N[C@@H]1C(=O)N(S(=O)(=O)O)[C@@H]1OC(=O)Cc1ccccc1)c1csc(N)n1. The number of hydrogen-bond donors (Lipinski definition) is 3. The standard InChI is InChI=1S/C17H17N5O8S2/c1-29-21-12(10-8-31-17(18)19-10)14(24)20-13-15(25)22(32(26,27)28)16(13)30-11(23)7-9-5-3-2-4-6-9/h2-6,8,13,16H,7H2,1H3,(H2,18,19)(H,20,24)(H,26,27,28)/b21-12-/t13-,16-/m1/s1. The lowest BCUT2D eigenvalue weighted by atomic mass is 10.1. The first kappa shape index (κ1) is 23.1. The van der Waals surface area contributed by atoms with Crippen molar-refractivity contribution >= 4 is 50.3 Å². The third-order valence-electron chi connectivity index (χ3n) is 4.14. The van der Waals surface area contributed by atoms with Gasteiger partial charge >= 0.3 is 16.3 Å². The van der Waals surface area contributed by atoms with Crippen LogP contribution in [0.5, 0.6) is 0 Å². The summed E-state index contributed by atoms with van der Waals surface area (Å²) in [6.45, 7) is 0. The third-order valence-corrected chi connectivity index (χ3v) is 5.70. The Bertz CT molecular complexity index is 1160. The molecule has 13 nitrogen and oxygen atoms in total. The van der Waals surface area contributed by atoms with Gasteiger partial charge in [0.25, 0.3) is 11.8 Å². The molecule has 3 rings (SSSR count). The second kappa shape index (κ2) is 9.29. The Balaban J connectivity index is 1.78. The molecule has 1 aromatic heterocycles. The minimum absolute atomic E-state index is 0.0443. The van der Waals surface area contributed by atoms with Crippen LogP contribution in [0.15, 0.2) is 40.9 Å². The molecular weight excluding hydrogens is 466 g/mol. The number of benzene rings is 1. The Morgan fingerprint density at radius 2 is 2.03 bits per heavy atom. The molecule has 2 heterocycles. The minimum atomic E-state index is -5.06. The first-order chi connectivity index (χ1) is 15.1. The van der Waals surface area contributed by atoms with E-state index in [-0.39, 0.29) is 27.3 Å². The lowest BCUT2D eigenvalue weighted by Crippen LogP contribution is -2.73. The zero-order valence-electron chi connectivity index (χ0n) is 16.4. The van der Waals surface area contributed by atoms with E-state index in [2.05, 4.69) is 20.3 Å². The van der Waals surface area contributed by atoms with Crippen LogP contribution < -0.4 is 11.1 Å². The molecule has 0 spiro atoms. The predicted octanol–water partition coefficient (Wildman–Crippen LogP) is -0.682. The number of anilines is 1. The number of oxime groups is 1. The van der Waals surface area contributed by atoms with E-state index in [0.717, 1.165) is 11.3 Å². The molecule has 0 aliphatic carbocycles. The molecule has 32 heavy (non-hydrogen) atoms. The van der Waals surface area contributed by atoms with Gasteiger partial charge in [-0.3, -0.25) is 18.9 Å². The average Bonchev–Trinajstić information content (AvgIpc) is 3.15. The zero-order valence-corrected chi connectivity index (χ0v) is 18.0. The number of carbonyl (C=O) groups is 3. The number of esters is 1. The fourth-order valence-corrected chi connectivity index (χ4v) is 4.09. The molecule has 0 bridgehead atoms. The smallest absolute Gasteiger partial charge is 0.365 e. The van der Waals surface area contributed by atoms with Gasteiger partial charge in [0.1, 0.15) is 12.8 Å². The second-order valence-corrected chi connectivity index (χ2v) is 8.48.